The SMILES string of the molecule is Cc1nn(C2CCS(=O)(=O)C2)c(C)c1N1CCN(C(=O)C(C)(C)Oc2ccc(Cl)cc2)CC1. The predicted molar refractivity (Wildman–Crippen MR) is 129 cm³/mol. The number of carbonyl (C=O) groups excluding carboxylic acids is 1. The fourth-order valence-electron chi connectivity index (χ4n) is 4.79. The van der Waals surface area contributed by atoms with Gasteiger partial charge in [0.2, 0.25) is 0 Å². The van der Waals surface area contributed by atoms with Gasteiger partial charge in [0.15, 0.2) is 15.4 Å². The van der Waals surface area contributed by atoms with Crippen LogP contribution in [0.25, 0.3) is 0 Å². The molecule has 0 saturated carbocycles. The van der Waals surface area contributed by atoms with Gasteiger partial charge in [0.1, 0.15) is 5.75 Å². The predicted octanol–water partition coefficient (Wildman–Crippen LogP) is 3.02. The van der Waals surface area contributed by atoms with Crippen molar-refractivity contribution in [1.29, 1.82) is 0 Å². The average molecular weight is 495 g/mol. The van der Waals surface area contributed by atoms with Crippen LogP contribution in [0.2, 0.25) is 5.02 Å². The number of rotatable bonds is 5. The molecule has 3 heterocycles. The van der Waals surface area contributed by atoms with Crippen molar-refractivity contribution in [3.05, 3.63) is 40.7 Å². The summed E-state index contributed by atoms with van der Waals surface area (Å²) < 4.78 is 31.7. The molecule has 2 saturated heterocycles. The molecule has 1 atom stereocenters. The lowest BCUT2D eigenvalue weighted by molar-refractivity contribution is -0.145. The maximum absolute atomic E-state index is 13.2. The number of hydrogen-bond donors (Lipinski definition) is 0. The van der Waals surface area contributed by atoms with E-state index in [1.807, 2.05) is 23.4 Å². The van der Waals surface area contributed by atoms with Crippen molar-refractivity contribution in [2.45, 2.75) is 45.8 Å². The number of aromatic nitrogens is 2. The number of ether oxygens (including phenoxy) is 1. The van der Waals surface area contributed by atoms with Crippen LogP contribution in [0.3, 0.4) is 0 Å². The number of sulfone groups is 1. The van der Waals surface area contributed by atoms with E-state index >= 15 is 0 Å². The van der Waals surface area contributed by atoms with Crippen LogP contribution in [-0.2, 0) is 14.6 Å². The Morgan fingerprint density at radius 3 is 2.33 bits per heavy atom. The lowest BCUT2D eigenvalue weighted by Crippen LogP contribution is -2.56. The Kier molecular flexibility index (Phi) is 6.39. The molecule has 10 heteroatoms. The van der Waals surface area contributed by atoms with Crippen LogP contribution in [0.15, 0.2) is 24.3 Å². The highest BCUT2D eigenvalue weighted by Crippen LogP contribution is 2.32. The van der Waals surface area contributed by atoms with Crippen molar-refractivity contribution in [1.82, 2.24) is 14.7 Å². The third kappa shape index (κ3) is 4.99. The van der Waals surface area contributed by atoms with E-state index in [9.17, 15) is 13.2 Å². The molecule has 0 radical (unpaired) electrons. The Balaban J connectivity index is 1.41. The van der Waals surface area contributed by atoms with Gasteiger partial charge in [0.05, 0.1) is 34.6 Å². The second kappa shape index (κ2) is 8.83. The molecule has 2 aliphatic rings. The number of carbonyl (C=O) groups is 1. The van der Waals surface area contributed by atoms with Gasteiger partial charge in [0, 0.05) is 31.2 Å². The van der Waals surface area contributed by atoms with Crippen LogP contribution >= 0.6 is 11.6 Å². The van der Waals surface area contributed by atoms with Crippen LogP contribution in [0, 0.1) is 13.8 Å². The molecule has 2 aliphatic heterocycles. The zero-order valence-corrected chi connectivity index (χ0v) is 21.1. The van der Waals surface area contributed by atoms with E-state index in [1.165, 1.54) is 0 Å². The van der Waals surface area contributed by atoms with Crippen LogP contribution in [0.5, 0.6) is 5.75 Å². The summed E-state index contributed by atoms with van der Waals surface area (Å²) in [5.74, 6) is 0.917. The quantitative estimate of drug-likeness (QED) is 0.635. The molecule has 1 unspecified atom stereocenters. The van der Waals surface area contributed by atoms with Gasteiger partial charge in [-0.25, -0.2) is 8.42 Å². The molecule has 180 valence electrons. The summed E-state index contributed by atoms with van der Waals surface area (Å²) in [6.45, 7) is 10.0. The molecule has 0 spiro atoms. The Morgan fingerprint density at radius 2 is 1.76 bits per heavy atom. The minimum absolute atomic E-state index is 0.0580. The second-order valence-electron chi connectivity index (χ2n) is 9.37. The van der Waals surface area contributed by atoms with E-state index in [-0.39, 0.29) is 23.5 Å². The molecule has 1 amide bonds. The fraction of sp³-hybridized carbons (Fsp3) is 0.565. The molecular formula is C23H31ClN4O4S. The van der Waals surface area contributed by atoms with Crippen LogP contribution < -0.4 is 9.64 Å². The molecule has 33 heavy (non-hydrogen) atoms. The summed E-state index contributed by atoms with van der Waals surface area (Å²) in [6, 6.07) is 6.89. The standard InChI is InChI=1S/C23H31ClN4O4S/c1-16-21(17(2)28(25-16)19-9-14-33(30,31)15-19)26-10-12-27(13-11-26)22(29)23(3,4)32-20-7-5-18(24)6-8-20/h5-8,19H,9-15H2,1-4H3. The zero-order chi connectivity index (χ0) is 24.0. The smallest absolute Gasteiger partial charge is 0.266 e. The first-order valence-electron chi connectivity index (χ1n) is 11.2. The van der Waals surface area contributed by atoms with Gasteiger partial charge >= 0.3 is 0 Å². The van der Waals surface area contributed by atoms with Gasteiger partial charge in [-0.3, -0.25) is 9.48 Å². The largest absolute Gasteiger partial charge is 0.478 e. The van der Waals surface area contributed by atoms with E-state index in [4.69, 9.17) is 16.3 Å². The number of anilines is 1. The molecule has 2 fully saturated rings. The fourth-order valence-corrected chi connectivity index (χ4v) is 6.61. The molecule has 4 rings (SSSR count). The summed E-state index contributed by atoms with van der Waals surface area (Å²) in [5.41, 5.74) is 1.92. The van der Waals surface area contributed by atoms with Crippen molar-refractivity contribution in [3.8, 4) is 5.75 Å². The molecule has 8 nitrogen and oxygen atoms in total. The van der Waals surface area contributed by atoms with E-state index < -0.39 is 15.4 Å². The highest BCUT2D eigenvalue weighted by molar-refractivity contribution is 7.91. The summed E-state index contributed by atoms with van der Waals surface area (Å²) in [5, 5.41) is 5.30. The van der Waals surface area contributed by atoms with E-state index in [0.29, 0.717) is 43.4 Å². The minimum atomic E-state index is -2.98. The monoisotopic (exact) mass is 494 g/mol. The molecule has 1 aromatic heterocycles. The number of piperazine rings is 1. The number of nitrogens with zero attached hydrogens (tertiary/aromatic N) is 4. The average Bonchev–Trinajstić information content (AvgIpc) is 3.27. The number of hydrogen-bond acceptors (Lipinski definition) is 6. The minimum Gasteiger partial charge on any atom is -0.478 e. The summed E-state index contributed by atoms with van der Waals surface area (Å²) in [7, 11) is -2.98. The number of halogens is 1. The Labute approximate surface area is 200 Å². The van der Waals surface area contributed by atoms with Gasteiger partial charge in [-0.15, -0.1) is 0 Å². The maximum Gasteiger partial charge on any atom is 0.266 e. The summed E-state index contributed by atoms with van der Waals surface area (Å²) in [4.78, 5) is 17.3. The zero-order valence-electron chi connectivity index (χ0n) is 19.5. The van der Waals surface area contributed by atoms with E-state index in [1.54, 1.807) is 38.1 Å². The molecule has 0 N–H and O–H groups in total. The van der Waals surface area contributed by atoms with Gasteiger partial charge in [-0.1, -0.05) is 11.6 Å². The van der Waals surface area contributed by atoms with Gasteiger partial charge < -0.3 is 14.5 Å². The molecular weight excluding hydrogens is 464 g/mol. The van der Waals surface area contributed by atoms with Gasteiger partial charge in [-0.05, 0) is 58.4 Å². The maximum atomic E-state index is 13.2. The highest BCUT2D eigenvalue weighted by atomic mass is 35.5. The first-order chi connectivity index (χ1) is 15.5. The number of amides is 1. The lowest BCUT2D eigenvalue weighted by atomic mass is 10.1. The van der Waals surface area contributed by atoms with Crippen molar-refractivity contribution >= 4 is 33.0 Å². The lowest BCUT2D eigenvalue weighted by Gasteiger charge is -2.39. The van der Waals surface area contributed by atoms with E-state index in [2.05, 4.69) is 10.00 Å². The first-order valence-corrected chi connectivity index (χ1v) is 13.4. The summed E-state index contributed by atoms with van der Waals surface area (Å²) >= 11 is 5.94. The van der Waals surface area contributed by atoms with Crippen LogP contribution in [0.1, 0.15) is 37.7 Å². The molecule has 0 aliphatic carbocycles. The van der Waals surface area contributed by atoms with Crippen LogP contribution in [-0.4, -0.2) is 72.3 Å². The number of aryl methyl sites for hydroxylation is 1. The second-order valence-corrected chi connectivity index (χ2v) is 12.0. The van der Waals surface area contributed by atoms with Gasteiger partial charge in [-0.2, -0.15) is 5.10 Å². The van der Waals surface area contributed by atoms with Crippen molar-refractivity contribution in [2.75, 3.05) is 42.6 Å². The molecule has 2 aromatic rings. The normalized spacial score (nSPS) is 20.8. The first kappa shape index (κ1) is 23.9. The summed E-state index contributed by atoms with van der Waals surface area (Å²) in [6.07, 6.45) is 0.606. The van der Waals surface area contributed by atoms with Crippen molar-refractivity contribution in [2.24, 2.45) is 0 Å². The molecule has 0 bridgehead atoms. The van der Waals surface area contributed by atoms with Crippen molar-refractivity contribution < 1.29 is 17.9 Å². The third-order valence-corrected chi connectivity index (χ3v) is 8.43. The Hall–Kier alpha value is -2.26. The number of benzene rings is 1. The highest BCUT2D eigenvalue weighted by Gasteiger charge is 2.37. The van der Waals surface area contributed by atoms with Crippen LogP contribution in [0.4, 0.5) is 5.69 Å². The van der Waals surface area contributed by atoms with E-state index in [0.717, 1.165) is 17.1 Å². The molecule has 1 aromatic carbocycles. The van der Waals surface area contributed by atoms with Crippen molar-refractivity contribution in [3.63, 3.8) is 0 Å². The van der Waals surface area contributed by atoms with Gasteiger partial charge in [0.25, 0.3) is 5.91 Å². The Bertz CT molecular complexity index is 1140. The topological polar surface area (TPSA) is 84.7 Å². The Morgan fingerprint density at radius 1 is 1.12 bits per heavy atom. The third-order valence-electron chi connectivity index (χ3n) is 6.43.